The number of ether oxygens (including phenoxy) is 2. The van der Waals surface area contributed by atoms with Gasteiger partial charge in [-0.05, 0) is 64.8 Å². The zero-order chi connectivity index (χ0) is 22.3. The van der Waals surface area contributed by atoms with E-state index in [1.807, 2.05) is 0 Å². The van der Waals surface area contributed by atoms with Crippen LogP contribution in [0.1, 0.15) is 40.5 Å². The minimum Gasteiger partial charge on any atom is -0.457 e. The fourth-order valence-electron chi connectivity index (χ4n) is 2.65. The second-order valence-electron chi connectivity index (χ2n) is 7.49. The maximum absolute atomic E-state index is 10.5. The van der Waals surface area contributed by atoms with Gasteiger partial charge in [-0.25, -0.2) is 0 Å². The van der Waals surface area contributed by atoms with E-state index in [0.717, 1.165) is 0 Å². The number of nitro groups is 2. The van der Waals surface area contributed by atoms with Crippen molar-refractivity contribution in [2.45, 2.75) is 52.2 Å². The number of nitro benzene ring substituents is 2. The molecule has 0 spiro atoms. The van der Waals surface area contributed by atoms with Crippen LogP contribution in [-0.4, -0.2) is 21.6 Å². The number of hydrogen-bond acceptors (Lipinski definition) is 6. The molecule has 2 aromatic rings. The second kappa shape index (κ2) is 9.98. The van der Waals surface area contributed by atoms with Crippen molar-refractivity contribution in [3.63, 3.8) is 0 Å². The molecule has 0 radical (unpaired) electrons. The zero-order valence-electron chi connectivity index (χ0n) is 17.5. The van der Waals surface area contributed by atoms with Crippen molar-refractivity contribution in [3.8, 4) is 11.5 Å². The van der Waals surface area contributed by atoms with Gasteiger partial charge in [-0.1, -0.05) is 11.6 Å². The van der Waals surface area contributed by atoms with Gasteiger partial charge in [-0.3, -0.25) is 20.2 Å². The Kier molecular flexibility index (Phi) is 7.66. The van der Waals surface area contributed by atoms with Gasteiger partial charge < -0.3 is 9.47 Å². The van der Waals surface area contributed by atoms with E-state index in [9.17, 15) is 20.2 Å². The third-order valence-corrected chi connectivity index (χ3v) is 4.79. The summed E-state index contributed by atoms with van der Waals surface area (Å²) in [5.74, 6) is 0.832. The normalized spacial score (nSPS) is 16.8. The van der Waals surface area contributed by atoms with Crippen molar-refractivity contribution in [1.82, 2.24) is 0 Å². The summed E-state index contributed by atoms with van der Waals surface area (Å²) in [4.78, 5) is 19.9. The lowest BCUT2D eigenvalue weighted by atomic mass is 10.0. The highest BCUT2D eigenvalue weighted by Gasteiger charge is 2.46. The average molecular weight is 414 g/mol. The SMILES string of the molecule is CC=C(C)CCC1OC1(C)C.O=[N+]([O-])c1ccc(Oc2ccc([N+](=O)[O-])cc2)cc1. The highest BCUT2D eigenvalue weighted by atomic mass is 16.6. The molecule has 8 heteroatoms. The van der Waals surface area contributed by atoms with Gasteiger partial charge in [0.05, 0.1) is 21.6 Å². The van der Waals surface area contributed by atoms with Gasteiger partial charge in [0.1, 0.15) is 11.5 Å². The maximum Gasteiger partial charge on any atom is 0.269 e. The largest absolute Gasteiger partial charge is 0.457 e. The molecule has 2 aromatic carbocycles. The van der Waals surface area contributed by atoms with Crippen LogP contribution >= 0.6 is 0 Å². The zero-order valence-corrected chi connectivity index (χ0v) is 17.5. The lowest BCUT2D eigenvalue weighted by Gasteiger charge is -2.04. The highest BCUT2D eigenvalue weighted by molar-refractivity contribution is 5.41. The second-order valence-corrected chi connectivity index (χ2v) is 7.49. The number of rotatable bonds is 7. The van der Waals surface area contributed by atoms with Gasteiger partial charge in [-0.2, -0.15) is 0 Å². The molecule has 0 amide bonds. The van der Waals surface area contributed by atoms with Gasteiger partial charge >= 0.3 is 0 Å². The van der Waals surface area contributed by atoms with E-state index in [0.29, 0.717) is 17.6 Å². The van der Waals surface area contributed by atoms with E-state index >= 15 is 0 Å². The number of nitrogens with zero attached hydrogens (tertiary/aromatic N) is 2. The van der Waals surface area contributed by atoms with Crippen LogP contribution in [0.25, 0.3) is 0 Å². The van der Waals surface area contributed by atoms with Crippen LogP contribution < -0.4 is 4.74 Å². The number of epoxide rings is 1. The molecule has 1 unspecified atom stereocenters. The van der Waals surface area contributed by atoms with Crippen LogP contribution in [0, 0.1) is 20.2 Å². The number of hydrogen-bond donors (Lipinski definition) is 0. The molecular formula is C22H26N2O6. The summed E-state index contributed by atoms with van der Waals surface area (Å²) in [6, 6.07) is 11.1. The number of benzene rings is 2. The smallest absolute Gasteiger partial charge is 0.269 e. The van der Waals surface area contributed by atoms with Crippen molar-refractivity contribution in [2.75, 3.05) is 0 Å². The van der Waals surface area contributed by atoms with Crippen molar-refractivity contribution in [2.24, 2.45) is 0 Å². The Bertz CT molecular complexity index is 849. The van der Waals surface area contributed by atoms with Crippen LogP contribution in [0.5, 0.6) is 11.5 Å². The first kappa shape index (κ1) is 23.0. The Balaban J connectivity index is 0.000000248. The molecule has 8 nitrogen and oxygen atoms in total. The summed E-state index contributed by atoms with van der Waals surface area (Å²) >= 11 is 0. The molecule has 1 aliphatic heterocycles. The third kappa shape index (κ3) is 6.97. The molecule has 30 heavy (non-hydrogen) atoms. The standard InChI is InChI=1S/C12H8N2O5.C10H18O/c15-13(16)9-1-5-11(6-2-9)19-12-7-3-10(4-8-12)14(17)18;1-5-8(2)6-7-9-10(3,4)11-9/h1-8H;5,9H,6-7H2,1-4H3. The molecule has 1 saturated heterocycles. The van der Waals surface area contributed by atoms with Crippen molar-refractivity contribution in [3.05, 3.63) is 80.4 Å². The molecule has 3 rings (SSSR count). The van der Waals surface area contributed by atoms with Crippen molar-refractivity contribution in [1.29, 1.82) is 0 Å². The Morgan fingerprint density at radius 1 is 1.00 bits per heavy atom. The summed E-state index contributed by atoms with van der Waals surface area (Å²) in [7, 11) is 0. The summed E-state index contributed by atoms with van der Waals surface area (Å²) in [6.45, 7) is 8.58. The van der Waals surface area contributed by atoms with E-state index in [4.69, 9.17) is 9.47 Å². The van der Waals surface area contributed by atoms with Crippen molar-refractivity contribution < 1.29 is 19.3 Å². The first-order valence-corrected chi connectivity index (χ1v) is 9.58. The van der Waals surface area contributed by atoms with Crippen LogP contribution in [0.2, 0.25) is 0 Å². The van der Waals surface area contributed by atoms with E-state index in [-0.39, 0.29) is 17.0 Å². The molecule has 0 aromatic heterocycles. The Hall–Kier alpha value is -3.26. The predicted octanol–water partition coefficient (Wildman–Crippen LogP) is 6.21. The molecule has 1 aliphatic rings. The van der Waals surface area contributed by atoms with Crippen LogP contribution in [0.4, 0.5) is 11.4 Å². The predicted molar refractivity (Wildman–Crippen MR) is 114 cm³/mol. The Morgan fingerprint density at radius 3 is 1.70 bits per heavy atom. The Labute approximate surface area is 175 Å². The summed E-state index contributed by atoms with van der Waals surface area (Å²) in [5.41, 5.74) is 1.58. The van der Waals surface area contributed by atoms with Gasteiger partial charge in [-0.15, -0.1) is 0 Å². The molecule has 1 heterocycles. The Morgan fingerprint density at radius 2 is 1.40 bits per heavy atom. The van der Waals surface area contributed by atoms with E-state index in [2.05, 4.69) is 33.8 Å². The van der Waals surface area contributed by atoms with Gasteiger partial charge in [0.25, 0.3) is 11.4 Å². The van der Waals surface area contributed by atoms with Gasteiger partial charge in [0, 0.05) is 24.3 Å². The van der Waals surface area contributed by atoms with Gasteiger partial charge in [0.2, 0.25) is 0 Å². The molecule has 0 aliphatic carbocycles. The fraction of sp³-hybridized carbons (Fsp3) is 0.364. The number of non-ortho nitro benzene ring substituents is 2. The van der Waals surface area contributed by atoms with E-state index in [1.165, 1.54) is 66.9 Å². The van der Waals surface area contributed by atoms with E-state index in [1.54, 1.807) is 0 Å². The average Bonchev–Trinajstić information content (AvgIpc) is 3.34. The highest BCUT2D eigenvalue weighted by Crippen LogP contribution is 2.38. The first-order valence-electron chi connectivity index (χ1n) is 9.58. The van der Waals surface area contributed by atoms with Crippen molar-refractivity contribution >= 4 is 11.4 Å². The molecular weight excluding hydrogens is 388 g/mol. The van der Waals surface area contributed by atoms with Crippen LogP contribution in [0.3, 0.4) is 0 Å². The quantitative estimate of drug-likeness (QED) is 0.231. The molecule has 1 fully saturated rings. The topological polar surface area (TPSA) is 108 Å². The van der Waals surface area contributed by atoms with Crippen LogP contribution in [-0.2, 0) is 4.74 Å². The first-order chi connectivity index (χ1) is 14.1. The van der Waals surface area contributed by atoms with Gasteiger partial charge in [0.15, 0.2) is 0 Å². The van der Waals surface area contributed by atoms with E-state index < -0.39 is 9.85 Å². The van der Waals surface area contributed by atoms with Crippen LogP contribution in [0.15, 0.2) is 60.2 Å². The summed E-state index contributed by atoms with van der Waals surface area (Å²) < 4.78 is 10.9. The lowest BCUT2D eigenvalue weighted by molar-refractivity contribution is -0.385. The molecule has 0 saturated carbocycles. The molecule has 1 atom stereocenters. The summed E-state index contributed by atoms with van der Waals surface area (Å²) in [5, 5.41) is 20.9. The minimum absolute atomic E-state index is 0.0314. The molecule has 160 valence electrons. The number of allylic oxidation sites excluding steroid dienone is 2. The monoisotopic (exact) mass is 414 g/mol. The third-order valence-electron chi connectivity index (χ3n) is 4.79. The minimum atomic E-state index is -0.504. The maximum atomic E-state index is 10.5. The lowest BCUT2D eigenvalue weighted by Crippen LogP contribution is -2.02. The fourth-order valence-corrected chi connectivity index (χ4v) is 2.65. The molecule has 0 bridgehead atoms. The summed E-state index contributed by atoms with van der Waals surface area (Å²) in [6.07, 6.45) is 5.06. The molecule has 0 N–H and O–H groups in total.